The van der Waals surface area contributed by atoms with E-state index in [4.69, 9.17) is 11.6 Å². The van der Waals surface area contributed by atoms with Crippen molar-refractivity contribution in [2.45, 2.75) is 31.1 Å². The van der Waals surface area contributed by atoms with Crippen LogP contribution in [-0.4, -0.2) is 11.7 Å². The van der Waals surface area contributed by atoms with Gasteiger partial charge in [0.25, 0.3) is 0 Å². The van der Waals surface area contributed by atoms with Crippen LogP contribution in [0.5, 0.6) is 0 Å². The molecule has 2 aromatic carbocycles. The Balaban J connectivity index is 1.76. The van der Waals surface area contributed by atoms with Crippen molar-refractivity contribution in [1.82, 2.24) is 5.32 Å². The zero-order chi connectivity index (χ0) is 18.3. The average molecular weight is 370 g/mol. The van der Waals surface area contributed by atoms with Gasteiger partial charge >= 0.3 is 0 Å². The van der Waals surface area contributed by atoms with Gasteiger partial charge in [-0.1, -0.05) is 48.0 Å². The SMILES string of the molecule is O=C1C[C@@H](c2ccccc2F)C2=C(C[C@@H](c3ccccc3Cl)CC2=O)N1. The van der Waals surface area contributed by atoms with Crippen molar-refractivity contribution in [1.29, 1.82) is 0 Å². The number of nitrogens with one attached hydrogen (secondary N) is 1. The average Bonchev–Trinajstić information content (AvgIpc) is 2.61. The Morgan fingerprint density at radius 2 is 1.62 bits per heavy atom. The minimum absolute atomic E-state index is 0.0515. The number of hydrogen-bond donors (Lipinski definition) is 1. The van der Waals surface area contributed by atoms with E-state index >= 15 is 0 Å². The number of benzene rings is 2. The third-order valence-corrected chi connectivity index (χ3v) is 5.51. The minimum atomic E-state index is -0.528. The zero-order valence-electron chi connectivity index (χ0n) is 14.0. The van der Waals surface area contributed by atoms with Crippen LogP contribution < -0.4 is 5.32 Å². The molecule has 1 aliphatic carbocycles. The van der Waals surface area contributed by atoms with E-state index in [-0.39, 0.29) is 29.8 Å². The third kappa shape index (κ3) is 2.95. The first-order valence-corrected chi connectivity index (χ1v) is 8.97. The normalized spacial score (nSPS) is 22.8. The highest BCUT2D eigenvalue weighted by Gasteiger charge is 2.39. The topological polar surface area (TPSA) is 46.2 Å². The van der Waals surface area contributed by atoms with Crippen molar-refractivity contribution in [3.8, 4) is 0 Å². The fraction of sp³-hybridized carbons (Fsp3) is 0.238. The number of carbonyl (C=O) groups is 2. The molecular formula is C21H17ClFNO2. The second kappa shape index (κ2) is 6.69. The van der Waals surface area contributed by atoms with Crippen LogP contribution in [0.1, 0.15) is 42.2 Å². The number of halogens is 2. The lowest BCUT2D eigenvalue weighted by molar-refractivity contribution is -0.122. The van der Waals surface area contributed by atoms with Gasteiger partial charge in [0.2, 0.25) is 5.91 Å². The molecule has 4 rings (SSSR count). The molecule has 0 fully saturated rings. The van der Waals surface area contributed by atoms with Gasteiger partial charge in [-0.05, 0) is 35.6 Å². The molecule has 2 aromatic rings. The van der Waals surface area contributed by atoms with Gasteiger partial charge in [-0.2, -0.15) is 0 Å². The van der Waals surface area contributed by atoms with Crippen LogP contribution in [0.25, 0.3) is 0 Å². The number of amides is 1. The van der Waals surface area contributed by atoms with Gasteiger partial charge < -0.3 is 5.32 Å². The van der Waals surface area contributed by atoms with Crippen molar-refractivity contribution in [3.05, 3.63) is 81.8 Å². The highest BCUT2D eigenvalue weighted by atomic mass is 35.5. The van der Waals surface area contributed by atoms with Gasteiger partial charge in [0.15, 0.2) is 5.78 Å². The maximum atomic E-state index is 14.3. The zero-order valence-corrected chi connectivity index (χ0v) is 14.7. The van der Waals surface area contributed by atoms with Crippen LogP contribution in [0, 0.1) is 5.82 Å². The van der Waals surface area contributed by atoms with E-state index in [1.54, 1.807) is 24.3 Å². The first kappa shape index (κ1) is 17.0. The Hall–Kier alpha value is -2.46. The maximum Gasteiger partial charge on any atom is 0.225 e. The fourth-order valence-electron chi connectivity index (χ4n) is 4.01. The van der Waals surface area contributed by atoms with Gasteiger partial charge in [0.05, 0.1) is 0 Å². The lowest BCUT2D eigenvalue weighted by atomic mass is 9.73. The van der Waals surface area contributed by atoms with Crippen molar-refractivity contribution >= 4 is 23.3 Å². The van der Waals surface area contributed by atoms with Gasteiger partial charge in [0, 0.05) is 35.1 Å². The summed E-state index contributed by atoms with van der Waals surface area (Å²) in [6.45, 7) is 0. The number of Topliss-reactive ketones (excluding diaryl/α,β-unsaturated/α-hetero) is 1. The lowest BCUT2D eigenvalue weighted by Crippen LogP contribution is -2.38. The Kier molecular flexibility index (Phi) is 4.37. The van der Waals surface area contributed by atoms with Crippen LogP contribution in [0.15, 0.2) is 59.8 Å². The predicted molar refractivity (Wildman–Crippen MR) is 97.4 cm³/mol. The van der Waals surface area contributed by atoms with Gasteiger partial charge in [0.1, 0.15) is 5.82 Å². The highest BCUT2D eigenvalue weighted by molar-refractivity contribution is 6.31. The Morgan fingerprint density at radius 3 is 2.35 bits per heavy atom. The predicted octanol–water partition coefficient (Wildman–Crippen LogP) is 4.48. The molecular weight excluding hydrogens is 353 g/mol. The monoisotopic (exact) mass is 369 g/mol. The van der Waals surface area contributed by atoms with Gasteiger partial charge in [-0.25, -0.2) is 4.39 Å². The molecule has 1 N–H and O–H groups in total. The van der Waals surface area contributed by atoms with E-state index in [9.17, 15) is 14.0 Å². The second-order valence-corrected chi connectivity index (χ2v) is 7.18. The second-order valence-electron chi connectivity index (χ2n) is 6.77. The van der Waals surface area contributed by atoms with Crippen molar-refractivity contribution in [3.63, 3.8) is 0 Å². The number of allylic oxidation sites excluding steroid dienone is 2. The summed E-state index contributed by atoms with van der Waals surface area (Å²) < 4.78 is 14.3. The first-order chi connectivity index (χ1) is 12.5. The van der Waals surface area contributed by atoms with Gasteiger partial charge in [-0.3, -0.25) is 9.59 Å². The lowest BCUT2D eigenvalue weighted by Gasteiger charge is -2.34. The molecule has 0 saturated carbocycles. The molecule has 0 unspecified atom stereocenters. The summed E-state index contributed by atoms with van der Waals surface area (Å²) in [4.78, 5) is 25.2. The van der Waals surface area contributed by atoms with E-state index < -0.39 is 5.92 Å². The summed E-state index contributed by atoms with van der Waals surface area (Å²) in [6.07, 6.45) is 0.910. The molecule has 0 spiro atoms. The Labute approximate surface area is 155 Å². The maximum absolute atomic E-state index is 14.3. The Bertz CT molecular complexity index is 937. The summed E-state index contributed by atoms with van der Waals surface area (Å²) in [5.41, 5.74) is 2.45. The molecule has 0 aromatic heterocycles. The van der Waals surface area contributed by atoms with E-state index in [1.165, 1.54) is 6.07 Å². The molecule has 3 nitrogen and oxygen atoms in total. The Morgan fingerprint density at radius 1 is 0.923 bits per heavy atom. The molecule has 1 heterocycles. The summed E-state index contributed by atoms with van der Waals surface area (Å²) in [7, 11) is 0. The minimum Gasteiger partial charge on any atom is -0.329 e. The van der Waals surface area contributed by atoms with E-state index in [2.05, 4.69) is 5.32 Å². The smallest absolute Gasteiger partial charge is 0.225 e. The fourth-order valence-corrected chi connectivity index (χ4v) is 4.30. The number of rotatable bonds is 2. The summed E-state index contributed by atoms with van der Waals surface area (Å²) >= 11 is 6.29. The van der Waals surface area contributed by atoms with Crippen molar-refractivity contribution in [2.75, 3.05) is 0 Å². The van der Waals surface area contributed by atoms with E-state index in [0.29, 0.717) is 34.7 Å². The summed E-state index contributed by atoms with van der Waals surface area (Å²) in [5, 5.41) is 3.45. The number of hydrogen-bond acceptors (Lipinski definition) is 2. The first-order valence-electron chi connectivity index (χ1n) is 8.59. The highest BCUT2D eigenvalue weighted by Crippen LogP contribution is 2.44. The van der Waals surface area contributed by atoms with E-state index in [0.717, 1.165) is 5.56 Å². The molecule has 0 radical (unpaired) electrons. The van der Waals surface area contributed by atoms with E-state index in [1.807, 2.05) is 18.2 Å². The van der Waals surface area contributed by atoms with Crippen LogP contribution >= 0.6 is 11.6 Å². The van der Waals surface area contributed by atoms with Crippen LogP contribution in [0.3, 0.4) is 0 Å². The van der Waals surface area contributed by atoms with Gasteiger partial charge in [-0.15, -0.1) is 0 Å². The van der Waals surface area contributed by atoms with Crippen LogP contribution in [-0.2, 0) is 9.59 Å². The molecule has 1 amide bonds. The molecule has 0 bridgehead atoms. The molecule has 26 heavy (non-hydrogen) atoms. The third-order valence-electron chi connectivity index (χ3n) is 5.16. The molecule has 132 valence electrons. The molecule has 5 heteroatoms. The largest absolute Gasteiger partial charge is 0.329 e. The summed E-state index contributed by atoms with van der Waals surface area (Å²) in [5.74, 6) is -1.25. The van der Waals surface area contributed by atoms with Crippen LogP contribution in [0.4, 0.5) is 4.39 Å². The standard InChI is InChI=1S/C21H17ClFNO2/c22-16-7-3-1-5-13(16)12-9-18-21(19(25)10-12)15(11-20(26)24-18)14-6-2-4-8-17(14)23/h1-8,12,15H,9-11H2,(H,24,26)/t12-,15+/m1/s1. The molecule has 2 atom stereocenters. The van der Waals surface area contributed by atoms with Crippen LogP contribution in [0.2, 0.25) is 5.02 Å². The molecule has 0 saturated heterocycles. The van der Waals surface area contributed by atoms with Crippen molar-refractivity contribution < 1.29 is 14.0 Å². The number of ketones is 1. The van der Waals surface area contributed by atoms with Crippen molar-refractivity contribution in [2.24, 2.45) is 0 Å². The molecule has 2 aliphatic rings. The summed E-state index contributed by atoms with van der Waals surface area (Å²) in [6, 6.07) is 13.8. The number of carbonyl (C=O) groups excluding carboxylic acids is 2. The molecule has 1 aliphatic heterocycles. The quantitative estimate of drug-likeness (QED) is 0.848.